The van der Waals surface area contributed by atoms with Gasteiger partial charge in [-0.25, -0.2) is 10.7 Å². The number of carbonyl (C=O) groups excluding carboxylic acids is 9. The van der Waals surface area contributed by atoms with Crippen molar-refractivity contribution >= 4 is 70.9 Å². The zero-order chi connectivity index (χ0) is 62.1. The number of anilines is 1. The zero-order valence-corrected chi connectivity index (χ0v) is 51.9. The molecule has 3 rings (SSSR count). The molecule has 81 heavy (non-hydrogen) atoms. The van der Waals surface area contributed by atoms with Gasteiger partial charge in [0.25, 0.3) is 17.7 Å². The Labute approximate surface area is 486 Å². The molecule has 3 atom stereocenters. The first-order valence-corrected chi connectivity index (χ1v) is 28.6. The summed E-state index contributed by atoms with van der Waals surface area (Å²) in [5, 5.41) is 16.7. The summed E-state index contributed by atoms with van der Waals surface area (Å²) >= 11 is 1.08. The van der Waals surface area contributed by atoms with E-state index in [1.165, 1.54) is 34.8 Å². The van der Waals surface area contributed by atoms with Gasteiger partial charge in [-0.05, 0) is 91.8 Å². The van der Waals surface area contributed by atoms with Gasteiger partial charge in [0, 0.05) is 66.8 Å². The number of hydrogen-bond acceptors (Lipinski definition) is 13. The average molecular weight is 1150 g/mol. The summed E-state index contributed by atoms with van der Waals surface area (Å²) in [4.78, 5) is 120. The van der Waals surface area contributed by atoms with E-state index in [0.29, 0.717) is 35.5 Å². The third-order valence-corrected chi connectivity index (χ3v) is 12.9. The molecule has 10 amide bonds. The van der Waals surface area contributed by atoms with Crippen molar-refractivity contribution in [3.05, 3.63) is 83.5 Å². The van der Waals surface area contributed by atoms with E-state index < -0.39 is 58.1 Å². The molecule has 0 spiro atoms. The summed E-state index contributed by atoms with van der Waals surface area (Å²) in [6, 6.07) is 11.7. The monoisotopic (exact) mass is 1150 g/mol. The molecule has 2 aromatic carbocycles. The van der Waals surface area contributed by atoms with Crippen molar-refractivity contribution in [2.24, 2.45) is 22.5 Å². The van der Waals surface area contributed by atoms with Gasteiger partial charge in [-0.1, -0.05) is 139 Å². The van der Waals surface area contributed by atoms with Crippen LogP contribution in [0.5, 0.6) is 0 Å². The number of hydrogen-bond donors (Lipinski definition) is 9. The predicted octanol–water partition coefficient (Wildman–Crippen LogP) is 6.32. The summed E-state index contributed by atoms with van der Waals surface area (Å²) in [5.74, 6) is 2.30. The van der Waals surface area contributed by atoms with Crippen LogP contribution in [0.4, 0.5) is 10.5 Å². The van der Waals surface area contributed by atoms with E-state index in [2.05, 4.69) is 69.2 Å². The first-order valence-electron chi connectivity index (χ1n) is 27.8. The number of likely N-dealkylation sites (N-methyl/N-ethyl adjacent to an activating group) is 2. The number of nitrogens with two attached hydrogens (primary N) is 2. The SMILES string of the molecule is CCC.CCC.CCCN1C(=O)C=CC1=O.CCc1cc(SNC(=O)/C(C)=C/CN(C)C(=O)C(NC(=O)C(NC)C(C)(C)c2ccccc2)C(C)(C)C)ccc1NC(=O)C(CCCNC(N)=O)NC(=O)CNC(=O)CC(C)(C)CON. The lowest BCUT2D eigenvalue weighted by Gasteiger charge is -2.38. The maximum Gasteiger partial charge on any atom is 0.312 e. The van der Waals surface area contributed by atoms with Crippen LogP contribution in [0.15, 0.2) is 77.2 Å². The van der Waals surface area contributed by atoms with Crippen LogP contribution in [-0.2, 0) is 55.0 Å². The highest BCUT2D eigenvalue weighted by atomic mass is 32.2. The Balaban J connectivity index is 0.00000345. The van der Waals surface area contributed by atoms with Crippen molar-refractivity contribution in [1.29, 1.82) is 0 Å². The smallest absolute Gasteiger partial charge is 0.312 e. The van der Waals surface area contributed by atoms with Crippen LogP contribution in [-0.4, -0.2) is 128 Å². The molecule has 2 aromatic rings. The van der Waals surface area contributed by atoms with Crippen LogP contribution in [0.25, 0.3) is 0 Å². The topological polar surface area (TPSA) is 306 Å². The molecule has 1 heterocycles. The second kappa shape index (κ2) is 38.2. The fourth-order valence-corrected chi connectivity index (χ4v) is 8.43. The quantitative estimate of drug-likeness (QED) is 0.0156. The van der Waals surface area contributed by atoms with Gasteiger partial charge in [0.1, 0.15) is 12.1 Å². The van der Waals surface area contributed by atoms with Gasteiger partial charge < -0.3 is 47.4 Å². The van der Waals surface area contributed by atoms with Gasteiger partial charge in [0.15, 0.2) is 0 Å². The number of primary amides is 1. The Morgan fingerprint density at radius 1 is 0.802 bits per heavy atom. The number of nitrogens with zero attached hydrogens (tertiary/aromatic N) is 2. The van der Waals surface area contributed by atoms with Gasteiger partial charge in [0.2, 0.25) is 29.5 Å². The molecule has 0 aromatic heterocycles. The average Bonchev–Trinajstić information content (AvgIpc) is 3.71. The molecule has 0 saturated carbocycles. The summed E-state index contributed by atoms with van der Waals surface area (Å²) in [5.41, 5.74) is 6.01. The van der Waals surface area contributed by atoms with Gasteiger partial charge in [-0.2, -0.15) is 0 Å². The number of amides is 10. The molecule has 0 bridgehead atoms. The molecule has 0 radical (unpaired) electrons. The van der Waals surface area contributed by atoms with Gasteiger partial charge >= 0.3 is 6.03 Å². The third kappa shape index (κ3) is 28.1. The number of imide groups is 1. The molecule has 454 valence electrons. The molecule has 0 aliphatic carbocycles. The lowest BCUT2D eigenvalue weighted by Crippen LogP contribution is -2.60. The normalized spacial score (nSPS) is 13.3. The first kappa shape index (κ1) is 74.4. The zero-order valence-electron chi connectivity index (χ0n) is 51.1. The van der Waals surface area contributed by atoms with Crippen LogP contribution in [0, 0.1) is 10.8 Å². The minimum absolute atomic E-state index is 0.0585. The van der Waals surface area contributed by atoms with Gasteiger partial charge in [-0.15, -0.1) is 0 Å². The molecule has 0 saturated heterocycles. The molecule has 22 heteroatoms. The van der Waals surface area contributed by atoms with E-state index in [1.807, 2.05) is 84.9 Å². The minimum Gasteiger partial charge on any atom is -0.352 e. The number of rotatable bonds is 27. The number of nitrogens with one attached hydrogen (secondary N) is 7. The summed E-state index contributed by atoms with van der Waals surface area (Å²) in [6.07, 6.45) is 8.62. The maximum absolute atomic E-state index is 13.8. The Morgan fingerprint density at radius 3 is 1.91 bits per heavy atom. The van der Waals surface area contributed by atoms with Crippen molar-refractivity contribution in [3.63, 3.8) is 0 Å². The Bertz CT molecular complexity index is 2390. The predicted molar refractivity (Wildman–Crippen MR) is 322 cm³/mol. The van der Waals surface area contributed by atoms with Crippen LogP contribution in [0.3, 0.4) is 0 Å². The van der Waals surface area contributed by atoms with E-state index in [4.69, 9.17) is 11.6 Å². The molecule has 1 aliphatic heterocycles. The van der Waals surface area contributed by atoms with Crippen molar-refractivity contribution in [3.8, 4) is 0 Å². The lowest BCUT2D eigenvalue weighted by atomic mass is 9.76. The van der Waals surface area contributed by atoms with Gasteiger partial charge in [0.05, 0.1) is 19.2 Å². The molecule has 1 aliphatic rings. The highest BCUT2D eigenvalue weighted by Crippen LogP contribution is 2.29. The number of urea groups is 1. The minimum atomic E-state index is -1.01. The Hall–Kier alpha value is -6.62. The molecule has 3 unspecified atom stereocenters. The highest BCUT2D eigenvalue weighted by Gasteiger charge is 2.41. The van der Waals surface area contributed by atoms with E-state index >= 15 is 0 Å². The second-order valence-electron chi connectivity index (χ2n) is 22.0. The van der Waals surface area contributed by atoms with Crippen molar-refractivity contribution < 1.29 is 48.0 Å². The maximum atomic E-state index is 13.8. The van der Waals surface area contributed by atoms with E-state index in [0.717, 1.165) is 29.5 Å². The van der Waals surface area contributed by atoms with E-state index in [1.54, 1.807) is 53.1 Å². The van der Waals surface area contributed by atoms with Crippen molar-refractivity contribution in [1.82, 2.24) is 41.1 Å². The number of aryl methyl sites for hydroxylation is 1. The summed E-state index contributed by atoms with van der Waals surface area (Å²) < 4.78 is 2.82. The molecule has 21 nitrogen and oxygen atoms in total. The van der Waals surface area contributed by atoms with Crippen LogP contribution >= 0.6 is 11.9 Å². The summed E-state index contributed by atoms with van der Waals surface area (Å²) in [6.45, 7) is 27.8. The molecule has 0 fully saturated rings. The molecule has 11 N–H and O–H groups in total. The first-order chi connectivity index (χ1) is 37.9. The van der Waals surface area contributed by atoms with Crippen molar-refractivity contribution in [2.75, 3.05) is 52.2 Å². The Morgan fingerprint density at radius 2 is 1.40 bits per heavy atom. The standard InChI is InChI=1S/C46H72N10O8S.C7H9NO2.2C3H8/c1-12-30-25-32(20-21-33(30)53-40(60)34(19-16-23-50-43(47)63)52-36(58)27-51-35(57)26-45(6,7)28-64-48)65-55-39(59)29(2)22-24-56(11)42(62)38(44(3,4)5)54-41(61)37(49-10)46(8,9)31-17-14-13-15-18-31;1-2-5-8-6(9)3-4-7(8)10;2*1-3-2/h13-15,17-18,20-22,25,34,37-38,49H,12,16,19,23-24,26-28,48H2,1-11H3,(H,51,57)(H,52,58)(H,53,60)(H,54,61)(H,55,59)(H3,47,50,63);3-4H,2,5H2,1H3;2*3H2,1-2H3/b29-22+;;;. The Kier molecular flexibility index (Phi) is 35.0. The molecular formula is C59H97N11O10S. The lowest BCUT2D eigenvalue weighted by molar-refractivity contribution is -0.139. The molecular weight excluding hydrogens is 1050 g/mol. The highest BCUT2D eigenvalue weighted by molar-refractivity contribution is 7.98. The van der Waals surface area contributed by atoms with Crippen LogP contribution < -0.4 is 48.3 Å². The van der Waals surface area contributed by atoms with E-state index in [9.17, 15) is 43.2 Å². The fraction of sp³-hybridized carbons (Fsp3) is 0.576. The van der Waals surface area contributed by atoms with Gasteiger partial charge in [-0.3, -0.25) is 48.0 Å². The largest absolute Gasteiger partial charge is 0.352 e. The van der Waals surface area contributed by atoms with Crippen LogP contribution in [0.1, 0.15) is 147 Å². The van der Waals surface area contributed by atoms with Crippen LogP contribution in [0.2, 0.25) is 0 Å². The fourth-order valence-electron chi connectivity index (χ4n) is 7.72. The number of benzene rings is 2. The third-order valence-electron chi connectivity index (χ3n) is 12.1. The van der Waals surface area contributed by atoms with Crippen molar-refractivity contribution in [2.45, 2.75) is 170 Å². The second-order valence-corrected chi connectivity index (χ2v) is 22.9. The van der Waals surface area contributed by atoms with E-state index in [-0.39, 0.29) is 68.6 Å². The number of carbonyl (C=O) groups is 9. The summed E-state index contributed by atoms with van der Waals surface area (Å²) in [7, 11) is 3.35.